The van der Waals surface area contributed by atoms with E-state index >= 15 is 0 Å². The molecular formula is C35H51N2O3S+. The van der Waals surface area contributed by atoms with Crippen LogP contribution < -0.4 is 19.4 Å². The van der Waals surface area contributed by atoms with E-state index in [1.165, 1.54) is 62.7 Å². The van der Waals surface area contributed by atoms with Crippen LogP contribution in [0.5, 0.6) is 11.5 Å². The zero-order valence-electron chi connectivity index (χ0n) is 26.0. The number of carbonyl (C=O) groups is 1. The fraction of sp³-hybridized carbons (Fsp3) is 0.543. The van der Waals surface area contributed by atoms with Crippen LogP contribution in [0.15, 0.2) is 54.2 Å². The summed E-state index contributed by atoms with van der Waals surface area (Å²) in [5.74, 6) is 1.30. The lowest BCUT2D eigenvalue weighted by atomic mass is 9.86. The molecular weight excluding hydrogens is 528 g/mol. The SMILES string of the molecule is CCCCCCCCCCCCOc1cc(OCC(=O)Nc2cccc(C[n+]3csc(C)c3)c2)ccc1C(C)(C)C. The van der Waals surface area contributed by atoms with Crippen LogP contribution >= 0.6 is 11.3 Å². The molecule has 6 heteroatoms. The Morgan fingerprint density at radius 1 is 0.902 bits per heavy atom. The topological polar surface area (TPSA) is 51.4 Å². The number of thiazole rings is 1. The Morgan fingerprint density at radius 3 is 2.27 bits per heavy atom. The fourth-order valence-corrected chi connectivity index (χ4v) is 5.57. The molecule has 1 amide bonds. The molecule has 3 rings (SSSR count). The van der Waals surface area contributed by atoms with E-state index in [2.05, 4.69) is 68.3 Å². The van der Waals surface area contributed by atoms with Gasteiger partial charge in [-0.1, -0.05) is 115 Å². The molecule has 5 nitrogen and oxygen atoms in total. The van der Waals surface area contributed by atoms with Gasteiger partial charge in [0.25, 0.3) is 5.91 Å². The van der Waals surface area contributed by atoms with E-state index in [1.807, 2.05) is 30.3 Å². The molecule has 0 fully saturated rings. The number of anilines is 1. The van der Waals surface area contributed by atoms with Crippen LogP contribution in [0.1, 0.15) is 108 Å². The van der Waals surface area contributed by atoms with Crippen molar-refractivity contribution in [2.24, 2.45) is 0 Å². The van der Waals surface area contributed by atoms with Gasteiger partial charge in [0.1, 0.15) is 11.5 Å². The second-order valence-corrected chi connectivity index (χ2v) is 13.2. The Labute approximate surface area is 252 Å². The molecule has 0 spiro atoms. The molecule has 0 aliphatic heterocycles. The molecule has 0 bridgehead atoms. The van der Waals surface area contributed by atoms with Crippen molar-refractivity contribution >= 4 is 22.9 Å². The lowest BCUT2D eigenvalue weighted by Gasteiger charge is -2.23. The first-order valence-electron chi connectivity index (χ1n) is 15.5. The molecule has 0 atom stereocenters. The van der Waals surface area contributed by atoms with Gasteiger partial charge in [0.15, 0.2) is 19.3 Å². The molecule has 3 aromatic rings. The van der Waals surface area contributed by atoms with E-state index in [-0.39, 0.29) is 17.9 Å². The van der Waals surface area contributed by atoms with Gasteiger partial charge in [-0.2, -0.15) is 4.57 Å². The van der Waals surface area contributed by atoms with Gasteiger partial charge in [0.05, 0.1) is 11.5 Å². The zero-order chi connectivity index (χ0) is 29.5. The van der Waals surface area contributed by atoms with Crippen molar-refractivity contribution in [2.75, 3.05) is 18.5 Å². The number of aryl methyl sites for hydroxylation is 1. The third-order valence-electron chi connectivity index (χ3n) is 7.18. The van der Waals surface area contributed by atoms with Crippen molar-refractivity contribution in [1.29, 1.82) is 0 Å². The quantitative estimate of drug-likeness (QED) is 0.121. The summed E-state index contributed by atoms with van der Waals surface area (Å²) in [6.07, 6.45) is 15.2. The number of carbonyl (C=O) groups excluding carboxylic acids is 1. The van der Waals surface area contributed by atoms with Crippen molar-refractivity contribution in [3.8, 4) is 11.5 Å². The maximum atomic E-state index is 12.7. The van der Waals surface area contributed by atoms with Crippen LogP contribution in [0.3, 0.4) is 0 Å². The summed E-state index contributed by atoms with van der Waals surface area (Å²) in [7, 11) is 0. The average Bonchev–Trinajstić information content (AvgIpc) is 3.34. The van der Waals surface area contributed by atoms with Crippen LogP contribution in [0.2, 0.25) is 0 Å². The summed E-state index contributed by atoms with van der Waals surface area (Å²) in [6, 6.07) is 13.9. The first-order chi connectivity index (χ1) is 19.7. The number of unbranched alkanes of at least 4 members (excludes halogenated alkanes) is 9. The highest BCUT2D eigenvalue weighted by Gasteiger charge is 2.20. The Hall–Kier alpha value is -2.86. The number of aromatic nitrogens is 1. The second kappa shape index (κ2) is 17.2. The standard InChI is InChI=1S/C35H50N2O3S/c1-6-7-8-9-10-11-12-13-14-15-21-39-33-23-31(19-20-32(33)35(3,4)5)40-26-34(38)36-30-18-16-17-29(22-30)25-37-24-28(2)41-27-37/h16-20,22-24,27H,6-15,21,25-26H2,1-5H3/p+1. The van der Waals surface area contributed by atoms with Gasteiger partial charge in [-0.25, -0.2) is 0 Å². The number of nitrogens with zero attached hydrogens (tertiary/aromatic N) is 1. The summed E-state index contributed by atoms with van der Waals surface area (Å²) >= 11 is 1.72. The van der Waals surface area contributed by atoms with E-state index in [4.69, 9.17) is 9.47 Å². The summed E-state index contributed by atoms with van der Waals surface area (Å²) in [5.41, 5.74) is 5.11. The zero-order valence-corrected chi connectivity index (χ0v) is 26.8. The Kier molecular flexibility index (Phi) is 13.7. The number of hydrogen-bond donors (Lipinski definition) is 1. The molecule has 0 saturated heterocycles. The minimum Gasteiger partial charge on any atom is -0.493 e. The number of rotatable bonds is 18. The fourth-order valence-electron chi connectivity index (χ4n) is 4.94. The monoisotopic (exact) mass is 579 g/mol. The van der Waals surface area contributed by atoms with Crippen molar-refractivity contribution in [3.63, 3.8) is 0 Å². The molecule has 1 heterocycles. The van der Waals surface area contributed by atoms with Gasteiger partial charge < -0.3 is 14.8 Å². The highest BCUT2D eigenvalue weighted by Crippen LogP contribution is 2.34. The minimum absolute atomic E-state index is 0.0476. The van der Waals surface area contributed by atoms with E-state index in [9.17, 15) is 4.79 Å². The molecule has 1 N–H and O–H groups in total. The normalized spacial score (nSPS) is 11.4. The van der Waals surface area contributed by atoms with E-state index in [1.54, 1.807) is 11.3 Å². The maximum absolute atomic E-state index is 12.7. The summed E-state index contributed by atoms with van der Waals surface area (Å²) in [4.78, 5) is 14.0. The summed E-state index contributed by atoms with van der Waals surface area (Å²) < 4.78 is 14.3. The Bertz CT molecular complexity index is 1200. The Balaban J connectivity index is 1.45. The lowest BCUT2D eigenvalue weighted by Crippen LogP contribution is -2.30. The predicted octanol–water partition coefficient (Wildman–Crippen LogP) is 9.01. The number of hydrogen-bond acceptors (Lipinski definition) is 4. The lowest BCUT2D eigenvalue weighted by molar-refractivity contribution is -0.683. The first-order valence-corrected chi connectivity index (χ1v) is 16.4. The van der Waals surface area contributed by atoms with E-state index in [0.29, 0.717) is 12.4 Å². The molecule has 0 unspecified atom stereocenters. The van der Waals surface area contributed by atoms with Gasteiger partial charge in [0, 0.05) is 17.3 Å². The molecule has 0 saturated carbocycles. The van der Waals surface area contributed by atoms with Crippen LogP contribution in [-0.4, -0.2) is 19.1 Å². The van der Waals surface area contributed by atoms with E-state index in [0.717, 1.165) is 35.5 Å². The van der Waals surface area contributed by atoms with Crippen molar-refractivity contribution in [1.82, 2.24) is 0 Å². The first kappa shape index (κ1) is 32.7. The Morgan fingerprint density at radius 2 is 1.61 bits per heavy atom. The third-order valence-corrected chi connectivity index (χ3v) is 8.04. The van der Waals surface area contributed by atoms with Gasteiger partial charge in [-0.05, 0) is 42.5 Å². The van der Waals surface area contributed by atoms with Gasteiger partial charge >= 0.3 is 0 Å². The van der Waals surface area contributed by atoms with Gasteiger partial charge in [0.2, 0.25) is 5.51 Å². The molecule has 0 radical (unpaired) electrons. The molecule has 1 aromatic heterocycles. The van der Waals surface area contributed by atoms with Gasteiger partial charge in [-0.3, -0.25) is 4.79 Å². The number of benzene rings is 2. The number of amides is 1. The molecule has 2 aromatic carbocycles. The summed E-state index contributed by atoms with van der Waals surface area (Å²) in [6.45, 7) is 12.3. The molecule has 0 aliphatic rings. The maximum Gasteiger partial charge on any atom is 0.262 e. The molecule has 41 heavy (non-hydrogen) atoms. The largest absolute Gasteiger partial charge is 0.493 e. The second-order valence-electron chi connectivity index (χ2n) is 12.1. The van der Waals surface area contributed by atoms with Crippen molar-refractivity contribution in [2.45, 2.75) is 111 Å². The van der Waals surface area contributed by atoms with Crippen LogP contribution in [0.4, 0.5) is 5.69 Å². The number of nitrogens with one attached hydrogen (secondary N) is 1. The molecule has 224 valence electrons. The van der Waals surface area contributed by atoms with Crippen LogP contribution in [-0.2, 0) is 16.8 Å². The van der Waals surface area contributed by atoms with Crippen molar-refractivity contribution in [3.05, 3.63) is 70.2 Å². The van der Waals surface area contributed by atoms with Gasteiger partial charge in [-0.15, -0.1) is 0 Å². The highest BCUT2D eigenvalue weighted by atomic mass is 32.1. The third kappa shape index (κ3) is 12.3. The van der Waals surface area contributed by atoms with E-state index < -0.39 is 0 Å². The minimum atomic E-state index is -0.186. The average molecular weight is 580 g/mol. The highest BCUT2D eigenvalue weighted by molar-refractivity contribution is 7.09. The van der Waals surface area contributed by atoms with Crippen LogP contribution in [0, 0.1) is 6.92 Å². The van der Waals surface area contributed by atoms with Crippen molar-refractivity contribution < 1.29 is 18.8 Å². The number of ether oxygens (including phenoxy) is 2. The predicted molar refractivity (Wildman–Crippen MR) is 171 cm³/mol. The molecule has 0 aliphatic carbocycles. The summed E-state index contributed by atoms with van der Waals surface area (Å²) in [5, 5.41) is 2.97. The smallest absolute Gasteiger partial charge is 0.262 e. The van der Waals surface area contributed by atoms with Crippen LogP contribution in [0.25, 0.3) is 0 Å².